The van der Waals surface area contributed by atoms with Gasteiger partial charge < -0.3 is 9.47 Å². The molecular weight excluding hydrogens is 168 g/mol. The maximum atomic E-state index is 11.5. The number of Topliss-reactive ketones (excluding diaryl/α,β-unsaturated/α-hetero) is 1. The summed E-state index contributed by atoms with van der Waals surface area (Å²) >= 11 is 0. The highest BCUT2D eigenvalue weighted by molar-refractivity contribution is 5.83. The number of ketones is 1. The third-order valence-corrected chi connectivity index (χ3v) is 3.42. The fraction of sp³-hybridized carbons (Fsp3) is 0.900. The lowest BCUT2D eigenvalue weighted by molar-refractivity contribution is -0.178. The third-order valence-electron chi connectivity index (χ3n) is 3.42. The fourth-order valence-corrected chi connectivity index (χ4v) is 2.30. The lowest BCUT2D eigenvalue weighted by Gasteiger charge is -2.46. The highest BCUT2D eigenvalue weighted by Crippen LogP contribution is 2.41. The molecule has 0 aromatic heterocycles. The maximum absolute atomic E-state index is 11.5. The lowest BCUT2D eigenvalue weighted by Crippen LogP contribution is -2.54. The van der Waals surface area contributed by atoms with Crippen LogP contribution < -0.4 is 0 Å². The van der Waals surface area contributed by atoms with Crippen LogP contribution in [-0.4, -0.2) is 32.2 Å². The zero-order valence-corrected chi connectivity index (χ0v) is 8.04. The normalized spacial score (nSPS) is 28.1. The molecule has 2 aliphatic heterocycles. The Morgan fingerprint density at radius 2 is 1.85 bits per heavy atom. The van der Waals surface area contributed by atoms with E-state index in [2.05, 4.69) is 0 Å². The second kappa shape index (κ2) is 3.39. The van der Waals surface area contributed by atoms with Gasteiger partial charge in [-0.15, -0.1) is 0 Å². The smallest absolute Gasteiger partial charge is 0.140 e. The summed E-state index contributed by atoms with van der Waals surface area (Å²) in [6.45, 7) is 4.57. The number of carbonyl (C=O) groups is 1. The molecule has 0 aromatic carbocycles. The van der Waals surface area contributed by atoms with Crippen molar-refractivity contribution >= 4 is 5.78 Å². The number of hydrogen-bond acceptors (Lipinski definition) is 3. The van der Waals surface area contributed by atoms with Crippen molar-refractivity contribution in [2.45, 2.75) is 19.8 Å². The maximum Gasteiger partial charge on any atom is 0.140 e. The number of carbonyl (C=O) groups excluding carboxylic acids is 1. The Labute approximate surface area is 78.4 Å². The molecule has 2 saturated heterocycles. The van der Waals surface area contributed by atoms with Gasteiger partial charge in [-0.25, -0.2) is 0 Å². The first-order valence-corrected chi connectivity index (χ1v) is 4.92. The van der Waals surface area contributed by atoms with Gasteiger partial charge in [-0.2, -0.15) is 0 Å². The van der Waals surface area contributed by atoms with Gasteiger partial charge in [-0.1, -0.05) is 0 Å². The summed E-state index contributed by atoms with van der Waals surface area (Å²) in [7, 11) is 0. The highest BCUT2D eigenvalue weighted by atomic mass is 16.5. The van der Waals surface area contributed by atoms with Crippen LogP contribution in [0.1, 0.15) is 19.8 Å². The number of hydrogen-bond donors (Lipinski definition) is 0. The van der Waals surface area contributed by atoms with Crippen molar-refractivity contribution < 1.29 is 14.3 Å². The van der Waals surface area contributed by atoms with Crippen molar-refractivity contribution in [3.63, 3.8) is 0 Å². The van der Waals surface area contributed by atoms with Crippen molar-refractivity contribution in [1.82, 2.24) is 0 Å². The van der Waals surface area contributed by atoms with Gasteiger partial charge in [-0.3, -0.25) is 4.79 Å². The molecule has 0 bridgehead atoms. The summed E-state index contributed by atoms with van der Waals surface area (Å²) in [6, 6.07) is 0. The van der Waals surface area contributed by atoms with Gasteiger partial charge in [0.2, 0.25) is 0 Å². The van der Waals surface area contributed by atoms with Gasteiger partial charge in [0.05, 0.1) is 18.6 Å². The van der Waals surface area contributed by atoms with Gasteiger partial charge in [0.25, 0.3) is 0 Å². The Kier molecular flexibility index (Phi) is 2.39. The lowest BCUT2D eigenvalue weighted by atomic mass is 9.68. The van der Waals surface area contributed by atoms with Crippen LogP contribution in [0.5, 0.6) is 0 Å². The first-order chi connectivity index (χ1) is 6.26. The van der Waals surface area contributed by atoms with E-state index in [9.17, 15) is 4.79 Å². The van der Waals surface area contributed by atoms with E-state index in [4.69, 9.17) is 9.47 Å². The Morgan fingerprint density at radius 3 is 2.23 bits per heavy atom. The molecule has 0 radical (unpaired) electrons. The van der Waals surface area contributed by atoms with E-state index in [1.54, 1.807) is 6.92 Å². The van der Waals surface area contributed by atoms with Crippen LogP contribution in [0.15, 0.2) is 0 Å². The van der Waals surface area contributed by atoms with E-state index in [0.29, 0.717) is 24.9 Å². The molecule has 2 fully saturated rings. The first kappa shape index (κ1) is 9.16. The molecule has 74 valence electrons. The van der Waals surface area contributed by atoms with Crippen molar-refractivity contribution in [3.05, 3.63) is 0 Å². The van der Waals surface area contributed by atoms with Crippen molar-refractivity contribution in [2.24, 2.45) is 11.3 Å². The standard InChI is InChI=1S/C10H16O3/c1-8(11)10(6-13-7-10)9-2-4-12-5-3-9/h9H,2-7H2,1H3. The molecule has 0 spiro atoms. The highest BCUT2D eigenvalue weighted by Gasteiger charge is 2.49. The first-order valence-electron chi connectivity index (χ1n) is 4.92. The second-order valence-corrected chi connectivity index (χ2v) is 4.09. The van der Waals surface area contributed by atoms with Crippen LogP contribution in [0.3, 0.4) is 0 Å². The second-order valence-electron chi connectivity index (χ2n) is 4.09. The predicted molar refractivity (Wildman–Crippen MR) is 47.5 cm³/mol. The summed E-state index contributed by atoms with van der Waals surface area (Å²) in [4.78, 5) is 11.5. The summed E-state index contributed by atoms with van der Waals surface area (Å²) in [5.41, 5.74) is -0.149. The van der Waals surface area contributed by atoms with Crippen LogP contribution >= 0.6 is 0 Å². The van der Waals surface area contributed by atoms with Gasteiger partial charge in [0, 0.05) is 13.2 Å². The van der Waals surface area contributed by atoms with Gasteiger partial charge in [-0.05, 0) is 25.7 Å². The van der Waals surface area contributed by atoms with Crippen molar-refractivity contribution in [1.29, 1.82) is 0 Å². The Morgan fingerprint density at radius 1 is 1.23 bits per heavy atom. The van der Waals surface area contributed by atoms with Gasteiger partial charge >= 0.3 is 0 Å². The quantitative estimate of drug-likeness (QED) is 0.642. The molecule has 3 nitrogen and oxygen atoms in total. The van der Waals surface area contributed by atoms with Crippen molar-refractivity contribution in [3.8, 4) is 0 Å². The summed E-state index contributed by atoms with van der Waals surface area (Å²) < 4.78 is 10.5. The fourth-order valence-electron chi connectivity index (χ4n) is 2.30. The van der Waals surface area contributed by atoms with Crippen LogP contribution in [0, 0.1) is 11.3 Å². The van der Waals surface area contributed by atoms with Crippen molar-refractivity contribution in [2.75, 3.05) is 26.4 Å². The largest absolute Gasteiger partial charge is 0.381 e. The van der Waals surface area contributed by atoms with Gasteiger partial charge in [0.15, 0.2) is 0 Å². The van der Waals surface area contributed by atoms with E-state index >= 15 is 0 Å². The van der Waals surface area contributed by atoms with E-state index in [1.807, 2.05) is 0 Å². The monoisotopic (exact) mass is 184 g/mol. The van der Waals surface area contributed by atoms with Crippen LogP contribution in [0.2, 0.25) is 0 Å². The topological polar surface area (TPSA) is 35.5 Å². The Bertz CT molecular complexity index is 202. The molecule has 0 aromatic rings. The van der Waals surface area contributed by atoms with Gasteiger partial charge in [0.1, 0.15) is 5.78 Å². The average Bonchev–Trinajstić information content (AvgIpc) is 2.03. The molecule has 0 amide bonds. The van der Waals surface area contributed by atoms with Crippen LogP contribution in [0.4, 0.5) is 0 Å². The zero-order chi connectivity index (χ0) is 9.31. The van der Waals surface area contributed by atoms with E-state index < -0.39 is 0 Å². The molecule has 13 heavy (non-hydrogen) atoms. The summed E-state index contributed by atoms with van der Waals surface area (Å²) in [5.74, 6) is 0.790. The molecule has 0 saturated carbocycles. The summed E-state index contributed by atoms with van der Waals surface area (Å²) in [5, 5.41) is 0. The van der Waals surface area contributed by atoms with E-state index in [-0.39, 0.29) is 5.41 Å². The number of ether oxygens (including phenoxy) is 2. The average molecular weight is 184 g/mol. The molecular formula is C10H16O3. The third kappa shape index (κ3) is 1.40. The SMILES string of the molecule is CC(=O)C1(C2CCOCC2)COC1. The molecule has 2 aliphatic rings. The molecule has 2 heterocycles. The molecule has 0 unspecified atom stereocenters. The minimum absolute atomic E-state index is 0.149. The molecule has 0 N–H and O–H groups in total. The predicted octanol–water partition coefficient (Wildman–Crippen LogP) is 1.02. The molecule has 0 aliphatic carbocycles. The minimum atomic E-state index is -0.149. The van der Waals surface area contributed by atoms with Crippen LogP contribution in [-0.2, 0) is 14.3 Å². The Hall–Kier alpha value is -0.410. The molecule has 3 heteroatoms. The summed E-state index contributed by atoms with van der Waals surface area (Å²) in [6.07, 6.45) is 2.03. The molecule has 2 rings (SSSR count). The zero-order valence-electron chi connectivity index (χ0n) is 8.04. The molecule has 0 atom stereocenters. The minimum Gasteiger partial charge on any atom is -0.381 e. The van der Waals surface area contributed by atoms with E-state index in [0.717, 1.165) is 26.1 Å². The Balaban J connectivity index is 2.06. The number of rotatable bonds is 2. The van der Waals surface area contributed by atoms with Crippen LogP contribution in [0.25, 0.3) is 0 Å². The van der Waals surface area contributed by atoms with E-state index in [1.165, 1.54) is 0 Å².